The van der Waals surface area contributed by atoms with Crippen molar-refractivity contribution in [1.82, 2.24) is 15.1 Å². The lowest BCUT2D eigenvalue weighted by Gasteiger charge is -2.14. The third-order valence-corrected chi connectivity index (χ3v) is 4.61. The molecule has 7 nitrogen and oxygen atoms in total. The lowest BCUT2D eigenvalue weighted by atomic mass is 10.1. The summed E-state index contributed by atoms with van der Waals surface area (Å²) in [6, 6.07) is 9.01. The van der Waals surface area contributed by atoms with Crippen LogP contribution in [0.3, 0.4) is 0 Å². The average Bonchev–Trinajstić information content (AvgIpc) is 3.27. The fraction of sp³-hybridized carbons (Fsp3) is 0.450. The maximum atomic E-state index is 12.5. The van der Waals surface area contributed by atoms with Gasteiger partial charge >= 0.3 is 0 Å². The number of amides is 2. The second kappa shape index (κ2) is 8.81. The van der Waals surface area contributed by atoms with Crippen LogP contribution < -0.4 is 10.6 Å². The highest BCUT2D eigenvalue weighted by atomic mass is 16.5. The van der Waals surface area contributed by atoms with Crippen LogP contribution in [0.5, 0.6) is 0 Å². The number of nitrogens with one attached hydrogen (secondary N) is 2. The highest BCUT2D eigenvalue weighted by molar-refractivity contribution is 6.03. The van der Waals surface area contributed by atoms with E-state index in [0.717, 1.165) is 30.8 Å². The molecule has 1 aromatic heterocycles. The van der Waals surface area contributed by atoms with E-state index >= 15 is 0 Å². The summed E-state index contributed by atoms with van der Waals surface area (Å²) in [5.74, 6) is -0.359. The van der Waals surface area contributed by atoms with Crippen LogP contribution in [-0.4, -0.2) is 40.9 Å². The van der Waals surface area contributed by atoms with Crippen molar-refractivity contribution in [2.45, 2.75) is 45.8 Å². The molecule has 0 aliphatic carbocycles. The zero-order chi connectivity index (χ0) is 19.2. The van der Waals surface area contributed by atoms with Crippen molar-refractivity contribution in [1.29, 1.82) is 0 Å². The number of hydrogen-bond acceptors (Lipinski definition) is 4. The lowest BCUT2D eigenvalue weighted by Crippen LogP contribution is -2.32. The first-order valence-corrected chi connectivity index (χ1v) is 9.32. The van der Waals surface area contributed by atoms with Crippen molar-refractivity contribution >= 4 is 17.5 Å². The minimum atomic E-state index is -0.208. The van der Waals surface area contributed by atoms with Gasteiger partial charge in [-0.15, -0.1) is 0 Å². The molecule has 0 spiro atoms. The number of carbonyl (C=O) groups excluding carboxylic acids is 2. The van der Waals surface area contributed by atoms with E-state index in [-0.39, 0.29) is 24.3 Å². The first-order chi connectivity index (χ1) is 13.0. The van der Waals surface area contributed by atoms with Gasteiger partial charge < -0.3 is 15.4 Å². The lowest BCUT2D eigenvalue weighted by molar-refractivity contribution is -0.116. The number of nitrogens with zero attached hydrogens (tertiary/aromatic N) is 2. The molecule has 0 saturated carbocycles. The Morgan fingerprint density at radius 2 is 2.11 bits per heavy atom. The van der Waals surface area contributed by atoms with Crippen molar-refractivity contribution in [3.05, 3.63) is 47.3 Å². The van der Waals surface area contributed by atoms with E-state index in [1.165, 1.54) is 0 Å². The number of aromatic nitrogens is 2. The van der Waals surface area contributed by atoms with Gasteiger partial charge in [-0.1, -0.05) is 12.1 Å². The van der Waals surface area contributed by atoms with E-state index in [2.05, 4.69) is 15.7 Å². The first kappa shape index (κ1) is 19.1. The van der Waals surface area contributed by atoms with Crippen molar-refractivity contribution in [3.63, 3.8) is 0 Å². The molecule has 1 aliphatic heterocycles. The quantitative estimate of drug-likeness (QED) is 0.784. The molecule has 1 atom stereocenters. The summed E-state index contributed by atoms with van der Waals surface area (Å²) >= 11 is 0. The van der Waals surface area contributed by atoms with Crippen molar-refractivity contribution in [2.75, 3.05) is 18.5 Å². The molecule has 1 fully saturated rings. The van der Waals surface area contributed by atoms with E-state index < -0.39 is 0 Å². The van der Waals surface area contributed by atoms with E-state index in [0.29, 0.717) is 24.3 Å². The summed E-state index contributed by atoms with van der Waals surface area (Å²) in [7, 11) is 0. The molecule has 0 radical (unpaired) electrons. The van der Waals surface area contributed by atoms with E-state index in [4.69, 9.17) is 4.74 Å². The van der Waals surface area contributed by atoms with Crippen molar-refractivity contribution in [2.24, 2.45) is 0 Å². The highest BCUT2D eigenvalue weighted by Gasteiger charge is 2.18. The Kier molecular flexibility index (Phi) is 6.24. The minimum absolute atomic E-state index is 0.0801. The molecular formula is C20H26N4O3. The first-order valence-electron chi connectivity index (χ1n) is 9.32. The third kappa shape index (κ3) is 5.17. The van der Waals surface area contributed by atoms with Gasteiger partial charge in [0.2, 0.25) is 5.91 Å². The van der Waals surface area contributed by atoms with E-state index in [1.54, 1.807) is 24.3 Å². The number of rotatable bonds is 7. The summed E-state index contributed by atoms with van der Waals surface area (Å²) < 4.78 is 7.34. The summed E-state index contributed by atoms with van der Waals surface area (Å²) in [5, 5.41) is 10.1. The molecule has 2 amide bonds. The predicted octanol–water partition coefficient (Wildman–Crippen LogP) is 2.44. The molecule has 2 aromatic rings. The molecule has 7 heteroatoms. The number of anilines is 1. The van der Waals surface area contributed by atoms with Gasteiger partial charge in [0.05, 0.1) is 23.0 Å². The SMILES string of the molecule is Cc1cc(C)n(CCC(=O)Nc2ccccc2C(=O)NCC2CCCO2)n1. The molecule has 27 heavy (non-hydrogen) atoms. The molecule has 0 bridgehead atoms. The normalized spacial score (nSPS) is 16.3. The Balaban J connectivity index is 1.56. The molecule has 1 aromatic carbocycles. The number of para-hydroxylation sites is 1. The zero-order valence-corrected chi connectivity index (χ0v) is 15.8. The Morgan fingerprint density at radius 1 is 1.30 bits per heavy atom. The van der Waals surface area contributed by atoms with E-state index in [1.807, 2.05) is 24.6 Å². The standard InChI is InChI=1S/C20H26N4O3/c1-14-12-15(2)24(23-14)10-9-19(25)22-18-8-4-3-7-17(18)20(26)21-13-16-6-5-11-27-16/h3-4,7-8,12,16H,5-6,9-11,13H2,1-2H3,(H,21,26)(H,22,25). The summed E-state index contributed by atoms with van der Waals surface area (Å²) in [6.07, 6.45) is 2.36. The van der Waals surface area contributed by atoms with Gasteiger partial charge in [0.15, 0.2) is 0 Å². The van der Waals surface area contributed by atoms with Crippen molar-refractivity contribution in [3.8, 4) is 0 Å². The van der Waals surface area contributed by atoms with Gasteiger partial charge in [-0.3, -0.25) is 14.3 Å². The van der Waals surface area contributed by atoms with Crippen LogP contribution in [0.25, 0.3) is 0 Å². The Hall–Kier alpha value is -2.67. The molecular weight excluding hydrogens is 344 g/mol. The predicted molar refractivity (Wildman–Crippen MR) is 103 cm³/mol. The van der Waals surface area contributed by atoms with Crippen LogP contribution in [0, 0.1) is 13.8 Å². The van der Waals surface area contributed by atoms with Crippen molar-refractivity contribution < 1.29 is 14.3 Å². The second-order valence-corrected chi connectivity index (χ2v) is 6.84. The Labute approximate surface area is 159 Å². The third-order valence-electron chi connectivity index (χ3n) is 4.61. The monoisotopic (exact) mass is 370 g/mol. The molecule has 1 aliphatic rings. The van der Waals surface area contributed by atoms with Gasteiger partial charge in [0.25, 0.3) is 5.91 Å². The van der Waals surface area contributed by atoms with Gasteiger partial charge in [0.1, 0.15) is 0 Å². The van der Waals surface area contributed by atoms with Crippen LogP contribution in [0.15, 0.2) is 30.3 Å². The fourth-order valence-electron chi connectivity index (χ4n) is 3.22. The summed E-state index contributed by atoms with van der Waals surface area (Å²) in [6.45, 7) is 5.63. The number of aryl methyl sites for hydroxylation is 3. The molecule has 2 N–H and O–H groups in total. The number of ether oxygens (including phenoxy) is 1. The number of benzene rings is 1. The van der Waals surface area contributed by atoms with Crippen LogP contribution >= 0.6 is 0 Å². The van der Waals surface area contributed by atoms with Crippen LogP contribution in [0.1, 0.15) is 41.0 Å². The minimum Gasteiger partial charge on any atom is -0.376 e. The molecule has 1 saturated heterocycles. The van der Waals surface area contributed by atoms with Gasteiger partial charge in [-0.2, -0.15) is 5.10 Å². The maximum Gasteiger partial charge on any atom is 0.253 e. The van der Waals surface area contributed by atoms with Gasteiger partial charge in [-0.25, -0.2) is 0 Å². The van der Waals surface area contributed by atoms with Crippen LogP contribution in [0.4, 0.5) is 5.69 Å². The molecule has 2 heterocycles. The van der Waals surface area contributed by atoms with Gasteiger partial charge in [0, 0.05) is 31.8 Å². The highest BCUT2D eigenvalue weighted by Crippen LogP contribution is 2.16. The topological polar surface area (TPSA) is 85.2 Å². The van der Waals surface area contributed by atoms with Crippen LogP contribution in [0.2, 0.25) is 0 Å². The average molecular weight is 370 g/mol. The van der Waals surface area contributed by atoms with Crippen LogP contribution in [-0.2, 0) is 16.1 Å². The van der Waals surface area contributed by atoms with E-state index in [9.17, 15) is 9.59 Å². The number of hydrogen-bond donors (Lipinski definition) is 2. The second-order valence-electron chi connectivity index (χ2n) is 6.84. The largest absolute Gasteiger partial charge is 0.376 e. The molecule has 144 valence electrons. The number of carbonyl (C=O) groups is 2. The smallest absolute Gasteiger partial charge is 0.253 e. The maximum absolute atomic E-state index is 12.5. The zero-order valence-electron chi connectivity index (χ0n) is 15.8. The Bertz CT molecular complexity index is 809. The molecule has 1 unspecified atom stereocenters. The summed E-state index contributed by atoms with van der Waals surface area (Å²) in [5.41, 5.74) is 2.92. The molecule has 3 rings (SSSR count). The Morgan fingerprint density at radius 3 is 2.81 bits per heavy atom. The fourth-order valence-corrected chi connectivity index (χ4v) is 3.22. The summed E-state index contributed by atoms with van der Waals surface area (Å²) in [4.78, 5) is 24.8. The van der Waals surface area contributed by atoms with Gasteiger partial charge in [-0.05, 0) is 44.9 Å².